The van der Waals surface area contributed by atoms with Crippen molar-refractivity contribution in [2.45, 2.75) is 25.3 Å². The zero-order chi connectivity index (χ0) is 24.1. The van der Waals surface area contributed by atoms with E-state index in [1.54, 1.807) is 7.11 Å². The zero-order valence-corrected chi connectivity index (χ0v) is 20.6. The van der Waals surface area contributed by atoms with E-state index >= 15 is 0 Å². The lowest BCUT2D eigenvalue weighted by atomic mass is 9.92. The van der Waals surface area contributed by atoms with Gasteiger partial charge in [0.25, 0.3) is 0 Å². The molecule has 1 amide bonds. The third kappa shape index (κ3) is 5.43. The number of nitrogens with zero attached hydrogens (tertiary/aromatic N) is 3. The van der Waals surface area contributed by atoms with E-state index in [1.165, 1.54) is 11.8 Å². The van der Waals surface area contributed by atoms with E-state index in [1.807, 2.05) is 65.6 Å². The maximum atomic E-state index is 13.0. The Morgan fingerprint density at radius 3 is 2.38 bits per heavy atom. The van der Waals surface area contributed by atoms with Crippen LogP contribution in [-0.2, 0) is 4.79 Å². The second-order valence-electron chi connectivity index (χ2n) is 8.97. The van der Waals surface area contributed by atoms with Crippen LogP contribution < -0.4 is 4.74 Å². The predicted molar refractivity (Wildman–Crippen MR) is 137 cm³/mol. The minimum atomic E-state index is 0.102. The number of carbonyl (C=O) groups is 1. The van der Waals surface area contributed by atoms with E-state index in [2.05, 4.69) is 19.9 Å². The first-order chi connectivity index (χ1) is 16.5. The van der Waals surface area contributed by atoms with Gasteiger partial charge in [-0.2, -0.15) is 5.26 Å². The van der Waals surface area contributed by atoms with Gasteiger partial charge >= 0.3 is 0 Å². The molecule has 6 heteroatoms. The summed E-state index contributed by atoms with van der Waals surface area (Å²) in [7, 11) is 1.63. The molecule has 1 aliphatic rings. The van der Waals surface area contributed by atoms with E-state index < -0.39 is 0 Å². The van der Waals surface area contributed by atoms with Crippen LogP contribution in [0.25, 0.3) is 22.4 Å². The highest BCUT2D eigenvalue weighted by Crippen LogP contribution is 2.35. The van der Waals surface area contributed by atoms with Gasteiger partial charge in [0, 0.05) is 24.2 Å². The number of pyridine rings is 1. The Balaban J connectivity index is 1.69. The third-order valence-electron chi connectivity index (χ3n) is 6.12. The van der Waals surface area contributed by atoms with Gasteiger partial charge in [-0.3, -0.25) is 4.79 Å². The standard InChI is InChI=1S/C28H29N3O2S/c1-19-13-20(2)17-31(16-19)27(32)18-34-28-25(15-29)24(21-9-11-23(33-3)12-10-21)14-26(30-28)22-7-5-4-6-8-22/h4-12,14,19-20H,13,16-18H2,1-3H3/t19-,20-/m1/s1. The second kappa shape index (κ2) is 10.8. The molecule has 1 aliphatic heterocycles. The predicted octanol–water partition coefficient (Wildman–Crippen LogP) is 5.89. The number of nitriles is 1. The van der Waals surface area contributed by atoms with Crippen molar-refractivity contribution in [2.24, 2.45) is 11.8 Å². The molecule has 2 aromatic carbocycles. The van der Waals surface area contributed by atoms with Crippen molar-refractivity contribution in [1.82, 2.24) is 9.88 Å². The summed E-state index contributed by atoms with van der Waals surface area (Å²) >= 11 is 1.35. The summed E-state index contributed by atoms with van der Waals surface area (Å²) in [6, 6.07) is 21.9. The molecule has 2 atom stereocenters. The Morgan fingerprint density at radius 2 is 1.76 bits per heavy atom. The van der Waals surface area contributed by atoms with E-state index in [-0.39, 0.29) is 11.7 Å². The zero-order valence-electron chi connectivity index (χ0n) is 19.8. The number of piperidine rings is 1. The molecule has 0 N–H and O–H groups in total. The fourth-order valence-corrected chi connectivity index (χ4v) is 5.48. The fourth-order valence-electron chi connectivity index (χ4n) is 4.58. The van der Waals surface area contributed by atoms with Gasteiger partial charge in [0.2, 0.25) is 5.91 Å². The normalized spacial score (nSPS) is 17.8. The molecule has 1 saturated heterocycles. The van der Waals surface area contributed by atoms with Crippen LogP contribution in [0.5, 0.6) is 5.75 Å². The van der Waals surface area contributed by atoms with Gasteiger partial charge in [0.15, 0.2) is 0 Å². The monoisotopic (exact) mass is 471 g/mol. The minimum absolute atomic E-state index is 0.102. The summed E-state index contributed by atoms with van der Waals surface area (Å²) in [6.07, 6.45) is 1.15. The summed E-state index contributed by atoms with van der Waals surface area (Å²) in [6.45, 7) is 5.98. The van der Waals surface area contributed by atoms with Gasteiger partial charge in [-0.25, -0.2) is 4.98 Å². The van der Waals surface area contributed by atoms with Crippen LogP contribution in [0.4, 0.5) is 0 Å². The van der Waals surface area contributed by atoms with Crippen molar-refractivity contribution in [1.29, 1.82) is 5.26 Å². The van der Waals surface area contributed by atoms with Crippen LogP contribution >= 0.6 is 11.8 Å². The van der Waals surface area contributed by atoms with Crippen molar-refractivity contribution >= 4 is 17.7 Å². The topological polar surface area (TPSA) is 66.2 Å². The van der Waals surface area contributed by atoms with Gasteiger partial charge in [-0.1, -0.05) is 68.1 Å². The first-order valence-corrected chi connectivity index (χ1v) is 12.5. The lowest BCUT2D eigenvalue weighted by Crippen LogP contribution is -2.43. The number of rotatable bonds is 6. The van der Waals surface area contributed by atoms with Crippen molar-refractivity contribution in [3.05, 3.63) is 66.2 Å². The first-order valence-electron chi connectivity index (χ1n) is 11.5. The smallest absolute Gasteiger partial charge is 0.233 e. The molecule has 1 aromatic heterocycles. The van der Waals surface area contributed by atoms with Crippen LogP contribution in [0.1, 0.15) is 25.8 Å². The minimum Gasteiger partial charge on any atom is -0.497 e. The molecule has 4 rings (SSSR count). The molecule has 5 nitrogen and oxygen atoms in total. The number of methoxy groups -OCH3 is 1. The summed E-state index contributed by atoms with van der Waals surface area (Å²) in [5, 5.41) is 10.7. The maximum Gasteiger partial charge on any atom is 0.233 e. The number of hydrogen-bond donors (Lipinski definition) is 0. The molecule has 174 valence electrons. The molecule has 0 radical (unpaired) electrons. The van der Waals surface area contributed by atoms with Crippen molar-refractivity contribution in [3.8, 4) is 34.2 Å². The Labute approximate surface area is 205 Å². The average Bonchev–Trinajstić information content (AvgIpc) is 2.86. The van der Waals surface area contributed by atoms with Crippen LogP contribution in [0.15, 0.2) is 65.7 Å². The van der Waals surface area contributed by atoms with Crippen LogP contribution in [0, 0.1) is 23.2 Å². The Hall–Kier alpha value is -3.30. The van der Waals surface area contributed by atoms with Crippen molar-refractivity contribution in [2.75, 3.05) is 26.0 Å². The number of aromatic nitrogens is 1. The van der Waals surface area contributed by atoms with Crippen LogP contribution in [0.3, 0.4) is 0 Å². The highest BCUT2D eigenvalue weighted by Gasteiger charge is 2.26. The Kier molecular flexibility index (Phi) is 7.54. The van der Waals surface area contributed by atoms with E-state index in [0.29, 0.717) is 22.4 Å². The lowest BCUT2D eigenvalue weighted by Gasteiger charge is -2.35. The largest absolute Gasteiger partial charge is 0.497 e. The summed E-state index contributed by atoms with van der Waals surface area (Å²) in [5.74, 6) is 2.14. The molecule has 0 aliphatic carbocycles. The molecule has 0 spiro atoms. The Morgan fingerprint density at radius 1 is 1.09 bits per heavy atom. The SMILES string of the molecule is COc1ccc(-c2cc(-c3ccccc3)nc(SCC(=O)N3C[C@H](C)C[C@@H](C)C3)c2C#N)cc1. The van der Waals surface area contributed by atoms with E-state index in [9.17, 15) is 10.1 Å². The molecule has 2 heterocycles. The van der Waals surface area contributed by atoms with Crippen LogP contribution in [-0.4, -0.2) is 41.7 Å². The summed E-state index contributed by atoms with van der Waals surface area (Å²) < 4.78 is 5.29. The van der Waals surface area contributed by atoms with E-state index in [4.69, 9.17) is 9.72 Å². The molecule has 3 aromatic rings. The number of ether oxygens (including phenoxy) is 1. The van der Waals surface area contributed by atoms with Crippen LogP contribution in [0.2, 0.25) is 0 Å². The maximum absolute atomic E-state index is 13.0. The molecular weight excluding hydrogens is 442 g/mol. The Bertz CT molecular complexity index is 1180. The fraction of sp³-hybridized carbons (Fsp3) is 0.321. The van der Waals surface area contributed by atoms with Gasteiger partial charge in [-0.15, -0.1) is 0 Å². The number of hydrogen-bond acceptors (Lipinski definition) is 5. The number of thioether (sulfide) groups is 1. The van der Waals surface area contributed by atoms with Crippen molar-refractivity contribution < 1.29 is 9.53 Å². The third-order valence-corrected chi connectivity index (χ3v) is 7.08. The lowest BCUT2D eigenvalue weighted by molar-refractivity contribution is -0.130. The quantitative estimate of drug-likeness (QED) is 0.419. The van der Waals surface area contributed by atoms with E-state index in [0.717, 1.165) is 47.6 Å². The first kappa shape index (κ1) is 23.8. The molecule has 34 heavy (non-hydrogen) atoms. The molecule has 1 fully saturated rings. The molecular formula is C28H29N3O2S. The van der Waals surface area contributed by atoms with Gasteiger partial charge in [0.05, 0.1) is 24.1 Å². The molecule has 0 bridgehead atoms. The van der Waals surface area contributed by atoms with Crippen molar-refractivity contribution in [3.63, 3.8) is 0 Å². The number of benzene rings is 2. The highest BCUT2D eigenvalue weighted by molar-refractivity contribution is 8.00. The number of amides is 1. The molecule has 0 unspecified atom stereocenters. The van der Waals surface area contributed by atoms with Gasteiger partial charge in [-0.05, 0) is 42.0 Å². The number of carbonyl (C=O) groups excluding carboxylic acids is 1. The van der Waals surface area contributed by atoms with Gasteiger partial charge in [0.1, 0.15) is 16.8 Å². The summed E-state index contributed by atoms with van der Waals surface area (Å²) in [4.78, 5) is 19.8. The second-order valence-corrected chi connectivity index (χ2v) is 9.94. The number of likely N-dealkylation sites (tertiary alicyclic amines) is 1. The molecule has 0 saturated carbocycles. The highest BCUT2D eigenvalue weighted by atomic mass is 32.2. The van der Waals surface area contributed by atoms with Gasteiger partial charge < -0.3 is 9.64 Å². The average molecular weight is 472 g/mol. The summed E-state index contributed by atoms with van der Waals surface area (Å²) in [5.41, 5.74) is 3.94.